The van der Waals surface area contributed by atoms with E-state index in [0.717, 1.165) is 12.4 Å². The van der Waals surface area contributed by atoms with Crippen molar-refractivity contribution in [1.82, 2.24) is 15.3 Å². The van der Waals surface area contributed by atoms with Crippen LogP contribution in [0.5, 0.6) is 0 Å². The first kappa shape index (κ1) is 17.9. The predicted molar refractivity (Wildman–Crippen MR) is 97.0 cm³/mol. The quantitative estimate of drug-likeness (QED) is 0.848. The maximum atomic E-state index is 12.2. The van der Waals surface area contributed by atoms with Crippen molar-refractivity contribution in [3.8, 4) is 0 Å². The number of aromatic nitrogens is 2. The zero-order valence-corrected chi connectivity index (χ0v) is 14.9. The molecule has 1 amide bonds. The van der Waals surface area contributed by atoms with Crippen molar-refractivity contribution in [3.63, 3.8) is 0 Å². The topological polar surface area (TPSA) is 58.1 Å². The smallest absolute Gasteiger partial charge is 0.270 e. The monoisotopic (exact) mass is 326 g/mol. The first-order chi connectivity index (χ1) is 11.5. The maximum absolute atomic E-state index is 12.2. The molecule has 0 saturated heterocycles. The van der Waals surface area contributed by atoms with Gasteiger partial charge in [0.1, 0.15) is 17.8 Å². The summed E-state index contributed by atoms with van der Waals surface area (Å²) in [4.78, 5) is 22.9. The van der Waals surface area contributed by atoms with Crippen LogP contribution in [0.3, 0.4) is 0 Å². The molecule has 0 atom stereocenters. The van der Waals surface area contributed by atoms with Crippen molar-refractivity contribution < 1.29 is 4.79 Å². The molecule has 0 aliphatic heterocycles. The summed E-state index contributed by atoms with van der Waals surface area (Å²) in [5.41, 5.74) is 1.61. The van der Waals surface area contributed by atoms with E-state index in [0.29, 0.717) is 18.2 Å². The summed E-state index contributed by atoms with van der Waals surface area (Å²) in [5, 5.41) is 2.90. The van der Waals surface area contributed by atoms with Crippen LogP contribution in [-0.2, 0) is 6.54 Å². The first-order valence-electron chi connectivity index (χ1n) is 8.38. The highest BCUT2D eigenvalue weighted by Crippen LogP contribution is 2.18. The molecule has 0 unspecified atom stereocenters. The summed E-state index contributed by atoms with van der Waals surface area (Å²) in [7, 11) is 0. The third-order valence-electron chi connectivity index (χ3n) is 3.67. The zero-order valence-electron chi connectivity index (χ0n) is 14.9. The number of nitrogens with zero attached hydrogens (tertiary/aromatic N) is 3. The molecule has 2 aromatic rings. The standard InChI is InChI=1S/C19H26N4O/c1-14(2)11-20-19(24)17-10-18(22-13-21-17)23(15(3)4)12-16-8-6-5-7-9-16/h5-10,13-15H,11-12H2,1-4H3,(H,20,24). The fraction of sp³-hybridized carbons (Fsp3) is 0.421. The van der Waals surface area contributed by atoms with Gasteiger partial charge in [-0.2, -0.15) is 0 Å². The van der Waals surface area contributed by atoms with Crippen molar-refractivity contribution >= 4 is 11.7 Å². The fourth-order valence-electron chi connectivity index (χ4n) is 2.32. The lowest BCUT2D eigenvalue weighted by Gasteiger charge is -2.28. The minimum absolute atomic E-state index is 0.157. The normalized spacial score (nSPS) is 10.9. The molecule has 1 aromatic carbocycles. The molecule has 1 N–H and O–H groups in total. The van der Waals surface area contributed by atoms with Crippen molar-refractivity contribution in [2.24, 2.45) is 5.92 Å². The van der Waals surface area contributed by atoms with Crippen molar-refractivity contribution in [3.05, 3.63) is 54.0 Å². The van der Waals surface area contributed by atoms with Gasteiger partial charge < -0.3 is 10.2 Å². The highest BCUT2D eigenvalue weighted by atomic mass is 16.1. The van der Waals surface area contributed by atoms with Crippen LogP contribution in [0.15, 0.2) is 42.7 Å². The van der Waals surface area contributed by atoms with Crippen molar-refractivity contribution in [1.29, 1.82) is 0 Å². The Bertz CT molecular complexity index is 655. The largest absolute Gasteiger partial charge is 0.350 e. The van der Waals surface area contributed by atoms with Gasteiger partial charge >= 0.3 is 0 Å². The highest BCUT2D eigenvalue weighted by Gasteiger charge is 2.16. The second-order valence-corrected chi connectivity index (χ2v) is 6.57. The Hall–Kier alpha value is -2.43. The molecule has 0 aliphatic rings. The van der Waals surface area contributed by atoms with Gasteiger partial charge in [0.15, 0.2) is 0 Å². The molecule has 5 heteroatoms. The molecular formula is C19H26N4O. The van der Waals surface area contributed by atoms with Crippen LogP contribution in [0, 0.1) is 5.92 Å². The molecule has 0 saturated carbocycles. The van der Waals surface area contributed by atoms with Crippen molar-refractivity contribution in [2.45, 2.75) is 40.3 Å². The zero-order chi connectivity index (χ0) is 17.5. The third-order valence-corrected chi connectivity index (χ3v) is 3.67. The lowest BCUT2D eigenvalue weighted by molar-refractivity contribution is 0.0944. The van der Waals surface area contributed by atoms with E-state index < -0.39 is 0 Å². The molecular weight excluding hydrogens is 300 g/mol. The van der Waals surface area contributed by atoms with E-state index in [2.05, 4.69) is 60.0 Å². The van der Waals surface area contributed by atoms with Crippen LogP contribution < -0.4 is 10.2 Å². The van der Waals surface area contributed by atoms with E-state index in [1.165, 1.54) is 11.9 Å². The lowest BCUT2D eigenvalue weighted by Crippen LogP contribution is -2.32. The van der Waals surface area contributed by atoms with Crippen LogP contribution in [0.1, 0.15) is 43.7 Å². The molecule has 128 valence electrons. The number of carbonyl (C=O) groups excluding carboxylic acids is 1. The second kappa shape index (κ2) is 8.43. The van der Waals surface area contributed by atoms with E-state index >= 15 is 0 Å². The Morgan fingerprint density at radius 3 is 2.46 bits per heavy atom. The first-order valence-corrected chi connectivity index (χ1v) is 8.38. The number of nitrogens with one attached hydrogen (secondary N) is 1. The molecule has 1 aromatic heterocycles. The number of hydrogen-bond donors (Lipinski definition) is 1. The molecule has 0 fully saturated rings. The number of carbonyl (C=O) groups is 1. The molecule has 5 nitrogen and oxygen atoms in total. The van der Waals surface area contributed by atoms with Crippen molar-refractivity contribution in [2.75, 3.05) is 11.4 Å². The molecule has 0 spiro atoms. The van der Waals surface area contributed by atoms with Gasteiger partial charge in [0.05, 0.1) is 0 Å². The summed E-state index contributed by atoms with van der Waals surface area (Å²) in [6, 6.07) is 12.3. The Kier molecular flexibility index (Phi) is 6.29. The summed E-state index contributed by atoms with van der Waals surface area (Å²) in [5.74, 6) is 1.01. The minimum Gasteiger partial charge on any atom is -0.350 e. The van der Waals surface area contributed by atoms with E-state index in [1.807, 2.05) is 18.2 Å². The van der Waals surface area contributed by atoms with E-state index in [4.69, 9.17) is 0 Å². The predicted octanol–water partition coefficient (Wildman–Crippen LogP) is 3.28. The molecule has 24 heavy (non-hydrogen) atoms. The summed E-state index contributed by atoms with van der Waals surface area (Å²) in [6.45, 7) is 9.73. The van der Waals surface area contributed by atoms with Gasteiger partial charge in [-0.25, -0.2) is 9.97 Å². The second-order valence-electron chi connectivity index (χ2n) is 6.57. The van der Waals surface area contributed by atoms with Crippen LogP contribution >= 0.6 is 0 Å². The third kappa shape index (κ3) is 5.05. The number of anilines is 1. The number of amides is 1. The molecule has 0 bridgehead atoms. The Morgan fingerprint density at radius 1 is 1.12 bits per heavy atom. The summed E-state index contributed by atoms with van der Waals surface area (Å²) < 4.78 is 0. The number of hydrogen-bond acceptors (Lipinski definition) is 4. The Labute approximate surface area is 144 Å². The van der Waals surface area contributed by atoms with Gasteiger partial charge in [-0.15, -0.1) is 0 Å². The summed E-state index contributed by atoms with van der Waals surface area (Å²) in [6.07, 6.45) is 1.46. The van der Waals surface area contributed by atoms with E-state index in [1.54, 1.807) is 6.07 Å². The van der Waals surface area contributed by atoms with Crippen LogP contribution in [-0.4, -0.2) is 28.5 Å². The van der Waals surface area contributed by atoms with Gasteiger partial charge in [-0.05, 0) is 25.3 Å². The van der Waals surface area contributed by atoms with Crippen LogP contribution in [0.25, 0.3) is 0 Å². The Balaban J connectivity index is 2.18. The average molecular weight is 326 g/mol. The number of rotatable bonds is 7. The molecule has 2 rings (SSSR count). The maximum Gasteiger partial charge on any atom is 0.270 e. The van der Waals surface area contributed by atoms with Gasteiger partial charge in [-0.3, -0.25) is 4.79 Å². The average Bonchev–Trinajstić information content (AvgIpc) is 2.58. The SMILES string of the molecule is CC(C)CNC(=O)c1cc(N(Cc2ccccc2)C(C)C)ncn1. The van der Waals surface area contributed by atoms with E-state index in [9.17, 15) is 4.79 Å². The van der Waals surface area contributed by atoms with Gasteiger partial charge in [-0.1, -0.05) is 44.2 Å². The molecule has 0 radical (unpaired) electrons. The lowest BCUT2D eigenvalue weighted by atomic mass is 10.2. The van der Waals surface area contributed by atoms with Gasteiger partial charge in [0.25, 0.3) is 5.91 Å². The fourth-order valence-corrected chi connectivity index (χ4v) is 2.32. The van der Waals surface area contributed by atoms with Crippen LogP contribution in [0.4, 0.5) is 5.82 Å². The van der Waals surface area contributed by atoms with Crippen LogP contribution in [0.2, 0.25) is 0 Å². The van der Waals surface area contributed by atoms with E-state index in [-0.39, 0.29) is 11.9 Å². The minimum atomic E-state index is -0.157. The van der Waals surface area contributed by atoms with Gasteiger partial charge in [0, 0.05) is 25.2 Å². The summed E-state index contributed by atoms with van der Waals surface area (Å²) >= 11 is 0. The molecule has 0 aliphatic carbocycles. The van der Waals surface area contributed by atoms with Gasteiger partial charge in [0.2, 0.25) is 0 Å². The number of benzene rings is 1. The molecule has 1 heterocycles. The highest BCUT2D eigenvalue weighted by molar-refractivity contribution is 5.92. The Morgan fingerprint density at radius 2 is 1.83 bits per heavy atom.